The molecule has 3 atom stereocenters. The maximum Gasteiger partial charge on any atom is 0.393 e. The van der Waals surface area contributed by atoms with Gasteiger partial charge in [0.05, 0.1) is 5.92 Å². The number of ether oxygens (including phenoxy) is 1. The molecule has 1 saturated carbocycles. The number of hydrogen-bond donors (Lipinski definition) is 1. The fourth-order valence-corrected chi connectivity index (χ4v) is 3.30. The van der Waals surface area contributed by atoms with Gasteiger partial charge in [0.1, 0.15) is 5.75 Å². The summed E-state index contributed by atoms with van der Waals surface area (Å²) in [5.41, 5.74) is 0.915. The number of para-hydroxylation sites is 1. The Bertz CT molecular complexity index is 534. The summed E-state index contributed by atoms with van der Waals surface area (Å²) in [7, 11) is 0. The molecule has 22 heavy (non-hydrogen) atoms. The normalized spacial score (nSPS) is 27.9. The summed E-state index contributed by atoms with van der Waals surface area (Å²) < 4.78 is 44.7. The molecule has 0 bridgehead atoms. The number of nitrogens with one attached hydrogen (secondary N) is 1. The van der Waals surface area contributed by atoms with Crippen LogP contribution in [0.4, 0.5) is 13.2 Å². The Hall–Kier alpha value is -1.72. The lowest BCUT2D eigenvalue weighted by Gasteiger charge is -2.34. The SMILES string of the molecule is O=C(NC1CCCCC1C(F)(F)F)C1Cc2ccccc2O1. The minimum Gasteiger partial charge on any atom is -0.480 e. The minimum absolute atomic E-state index is 0.0835. The van der Waals surface area contributed by atoms with Crippen molar-refractivity contribution in [3.63, 3.8) is 0 Å². The highest BCUT2D eigenvalue weighted by atomic mass is 19.4. The lowest BCUT2D eigenvalue weighted by molar-refractivity contribution is -0.189. The average molecular weight is 313 g/mol. The largest absolute Gasteiger partial charge is 0.480 e. The van der Waals surface area contributed by atoms with E-state index >= 15 is 0 Å². The summed E-state index contributed by atoms with van der Waals surface area (Å²) in [6, 6.07) is 6.45. The second-order valence-electron chi connectivity index (χ2n) is 5.97. The molecule has 1 aromatic rings. The summed E-state index contributed by atoms with van der Waals surface area (Å²) in [6.45, 7) is 0. The zero-order chi connectivity index (χ0) is 15.7. The molecule has 0 radical (unpaired) electrons. The maximum atomic E-state index is 13.1. The van der Waals surface area contributed by atoms with Crippen LogP contribution in [0.25, 0.3) is 0 Å². The Morgan fingerprint density at radius 2 is 1.91 bits per heavy atom. The van der Waals surface area contributed by atoms with E-state index in [2.05, 4.69) is 5.32 Å². The van der Waals surface area contributed by atoms with Crippen LogP contribution in [-0.4, -0.2) is 24.2 Å². The van der Waals surface area contributed by atoms with Gasteiger partial charge in [0.25, 0.3) is 5.91 Å². The molecular formula is C16H18F3NO2. The summed E-state index contributed by atoms with van der Waals surface area (Å²) >= 11 is 0. The van der Waals surface area contributed by atoms with Gasteiger partial charge in [-0.25, -0.2) is 0 Å². The summed E-state index contributed by atoms with van der Waals surface area (Å²) in [4.78, 5) is 12.3. The van der Waals surface area contributed by atoms with Gasteiger partial charge in [-0.05, 0) is 24.5 Å². The van der Waals surface area contributed by atoms with Crippen molar-refractivity contribution in [2.75, 3.05) is 0 Å². The fourth-order valence-electron chi connectivity index (χ4n) is 3.30. The molecule has 1 aliphatic carbocycles. The first-order valence-corrected chi connectivity index (χ1v) is 7.57. The van der Waals surface area contributed by atoms with Crippen molar-refractivity contribution in [2.24, 2.45) is 5.92 Å². The predicted molar refractivity (Wildman–Crippen MR) is 74.5 cm³/mol. The molecule has 1 fully saturated rings. The number of halogens is 3. The average Bonchev–Trinajstić information content (AvgIpc) is 2.90. The summed E-state index contributed by atoms with van der Waals surface area (Å²) in [5, 5.41) is 2.57. The van der Waals surface area contributed by atoms with Crippen molar-refractivity contribution in [1.29, 1.82) is 0 Å². The number of carbonyl (C=O) groups is 1. The molecule has 1 aliphatic heterocycles. The second-order valence-corrected chi connectivity index (χ2v) is 5.97. The zero-order valence-corrected chi connectivity index (χ0v) is 12.0. The van der Waals surface area contributed by atoms with Gasteiger partial charge in [0, 0.05) is 12.5 Å². The monoisotopic (exact) mass is 313 g/mol. The van der Waals surface area contributed by atoms with E-state index in [4.69, 9.17) is 4.74 Å². The van der Waals surface area contributed by atoms with Crippen LogP contribution in [0.2, 0.25) is 0 Å². The molecule has 1 N–H and O–H groups in total. The third-order valence-corrected chi connectivity index (χ3v) is 4.45. The van der Waals surface area contributed by atoms with E-state index in [1.54, 1.807) is 12.1 Å². The van der Waals surface area contributed by atoms with Gasteiger partial charge in [-0.3, -0.25) is 4.79 Å². The van der Waals surface area contributed by atoms with Gasteiger partial charge in [0.15, 0.2) is 6.10 Å². The molecule has 6 heteroatoms. The molecule has 0 aromatic heterocycles. The number of fused-ring (bicyclic) bond motifs is 1. The molecule has 120 valence electrons. The van der Waals surface area contributed by atoms with E-state index in [1.807, 2.05) is 12.1 Å². The number of benzene rings is 1. The van der Waals surface area contributed by atoms with Crippen LogP contribution in [0.5, 0.6) is 5.75 Å². The van der Waals surface area contributed by atoms with Gasteiger partial charge in [-0.2, -0.15) is 13.2 Å². The number of amides is 1. The Balaban J connectivity index is 1.64. The fraction of sp³-hybridized carbons (Fsp3) is 0.562. The van der Waals surface area contributed by atoms with E-state index in [0.717, 1.165) is 5.56 Å². The second kappa shape index (κ2) is 5.82. The van der Waals surface area contributed by atoms with E-state index in [0.29, 0.717) is 31.4 Å². The summed E-state index contributed by atoms with van der Waals surface area (Å²) in [5.74, 6) is -1.26. The van der Waals surface area contributed by atoms with Crippen LogP contribution in [0.15, 0.2) is 24.3 Å². The van der Waals surface area contributed by atoms with Crippen LogP contribution in [-0.2, 0) is 11.2 Å². The number of rotatable bonds is 2. The molecule has 1 aromatic carbocycles. The molecule has 0 spiro atoms. The van der Waals surface area contributed by atoms with Crippen molar-refractivity contribution in [1.82, 2.24) is 5.32 Å². The zero-order valence-electron chi connectivity index (χ0n) is 12.0. The Kier molecular flexibility index (Phi) is 4.02. The van der Waals surface area contributed by atoms with Gasteiger partial charge in [-0.1, -0.05) is 31.0 Å². The first kappa shape index (κ1) is 15.2. The molecule has 0 saturated heterocycles. The van der Waals surface area contributed by atoms with Crippen molar-refractivity contribution < 1.29 is 22.7 Å². The molecular weight excluding hydrogens is 295 g/mol. The van der Waals surface area contributed by atoms with Crippen LogP contribution in [0, 0.1) is 5.92 Å². The number of alkyl halides is 3. The van der Waals surface area contributed by atoms with Gasteiger partial charge in [-0.15, -0.1) is 0 Å². The standard InChI is InChI=1S/C16H18F3NO2/c17-16(18,19)11-6-2-3-7-12(11)20-15(21)14-9-10-5-1-4-8-13(10)22-14/h1,4-5,8,11-12,14H,2-3,6-7,9H2,(H,20,21). The first-order chi connectivity index (χ1) is 10.4. The van der Waals surface area contributed by atoms with Crippen LogP contribution >= 0.6 is 0 Å². The highest BCUT2D eigenvalue weighted by molar-refractivity contribution is 5.82. The third kappa shape index (κ3) is 3.05. The molecule has 3 nitrogen and oxygen atoms in total. The highest BCUT2D eigenvalue weighted by Crippen LogP contribution is 2.38. The van der Waals surface area contributed by atoms with Crippen molar-refractivity contribution in [3.05, 3.63) is 29.8 Å². The number of hydrogen-bond acceptors (Lipinski definition) is 2. The van der Waals surface area contributed by atoms with Crippen molar-refractivity contribution in [3.8, 4) is 5.75 Å². The van der Waals surface area contributed by atoms with Crippen LogP contribution < -0.4 is 10.1 Å². The minimum atomic E-state index is -4.27. The van der Waals surface area contributed by atoms with Gasteiger partial charge in [0.2, 0.25) is 0 Å². The highest BCUT2D eigenvalue weighted by Gasteiger charge is 2.46. The Morgan fingerprint density at radius 3 is 2.64 bits per heavy atom. The molecule has 1 heterocycles. The van der Waals surface area contributed by atoms with Crippen LogP contribution in [0.1, 0.15) is 31.2 Å². The lowest BCUT2D eigenvalue weighted by atomic mass is 9.84. The van der Waals surface area contributed by atoms with Gasteiger partial charge < -0.3 is 10.1 Å². The lowest BCUT2D eigenvalue weighted by Crippen LogP contribution is -2.51. The molecule has 3 rings (SSSR count). The topological polar surface area (TPSA) is 38.3 Å². The van der Waals surface area contributed by atoms with Gasteiger partial charge >= 0.3 is 6.18 Å². The molecule has 1 amide bonds. The van der Waals surface area contributed by atoms with E-state index in [1.165, 1.54) is 0 Å². The summed E-state index contributed by atoms with van der Waals surface area (Å²) in [6.07, 6.45) is -2.86. The number of carbonyl (C=O) groups excluding carboxylic acids is 1. The van der Waals surface area contributed by atoms with Crippen molar-refractivity contribution in [2.45, 2.75) is 50.4 Å². The first-order valence-electron chi connectivity index (χ1n) is 7.57. The van der Waals surface area contributed by atoms with Crippen molar-refractivity contribution >= 4 is 5.91 Å². The Morgan fingerprint density at radius 1 is 1.18 bits per heavy atom. The maximum absolute atomic E-state index is 13.1. The van der Waals surface area contributed by atoms with E-state index in [9.17, 15) is 18.0 Å². The van der Waals surface area contributed by atoms with E-state index < -0.39 is 30.1 Å². The Labute approximate surface area is 126 Å². The predicted octanol–water partition coefficient (Wildman–Crippen LogP) is 3.23. The van der Waals surface area contributed by atoms with Crippen LogP contribution in [0.3, 0.4) is 0 Å². The third-order valence-electron chi connectivity index (χ3n) is 4.45. The quantitative estimate of drug-likeness (QED) is 0.910. The van der Waals surface area contributed by atoms with E-state index in [-0.39, 0.29) is 6.42 Å². The smallest absolute Gasteiger partial charge is 0.393 e. The molecule has 2 aliphatic rings. The molecule has 3 unspecified atom stereocenters.